The van der Waals surface area contributed by atoms with E-state index in [0.717, 1.165) is 6.07 Å². The van der Waals surface area contributed by atoms with Crippen LogP contribution < -0.4 is 0 Å². The molecule has 62 valence electrons. The van der Waals surface area contributed by atoms with Crippen LogP contribution in [0.4, 0.5) is 10.1 Å². The number of rotatable bonds is 1. The van der Waals surface area contributed by atoms with E-state index >= 15 is 0 Å². The number of benzene rings is 1. The lowest BCUT2D eigenvalue weighted by atomic mass is 10.3. The summed E-state index contributed by atoms with van der Waals surface area (Å²) in [7, 11) is 0. The molecule has 0 bridgehead atoms. The van der Waals surface area contributed by atoms with E-state index in [9.17, 15) is 9.18 Å². The van der Waals surface area contributed by atoms with Gasteiger partial charge < -0.3 is 0 Å². The number of carbonyl (C=O) groups excluding carboxylic acids is 1. The van der Waals surface area contributed by atoms with Gasteiger partial charge in [-0.3, -0.25) is 0 Å². The Morgan fingerprint density at radius 3 is 2.67 bits per heavy atom. The zero-order chi connectivity index (χ0) is 9.14. The summed E-state index contributed by atoms with van der Waals surface area (Å²) in [4.78, 5) is 12.9. The van der Waals surface area contributed by atoms with E-state index < -0.39 is 5.82 Å². The molecule has 0 aromatic heterocycles. The van der Waals surface area contributed by atoms with Gasteiger partial charge in [0.1, 0.15) is 5.69 Å². The van der Waals surface area contributed by atoms with Crippen molar-refractivity contribution < 1.29 is 9.18 Å². The van der Waals surface area contributed by atoms with Crippen LogP contribution in [0.2, 0.25) is 10.0 Å². The number of nitrogens with zero attached hydrogens (tertiary/aromatic N) is 1. The van der Waals surface area contributed by atoms with Gasteiger partial charge in [0.2, 0.25) is 6.08 Å². The first kappa shape index (κ1) is 9.20. The van der Waals surface area contributed by atoms with Crippen LogP contribution in [0.15, 0.2) is 17.1 Å². The highest BCUT2D eigenvalue weighted by molar-refractivity contribution is 6.43. The molecule has 0 heterocycles. The van der Waals surface area contributed by atoms with Gasteiger partial charge in [-0.15, -0.1) is 0 Å². The van der Waals surface area contributed by atoms with Crippen molar-refractivity contribution in [1.29, 1.82) is 0 Å². The molecule has 0 aliphatic heterocycles. The number of halogens is 3. The lowest BCUT2D eigenvalue weighted by Crippen LogP contribution is -1.78. The normalized spacial score (nSPS) is 9.25. The van der Waals surface area contributed by atoms with E-state index in [1.807, 2.05) is 0 Å². The number of hydrogen-bond donors (Lipinski definition) is 0. The Bertz CT molecular complexity index is 361. The Morgan fingerprint density at radius 1 is 1.42 bits per heavy atom. The summed E-state index contributed by atoms with van der Waals surface area (Å²) in [6, 6.07) is 2.35. The molecular formula is C7H2Cl2FNO. The maximum Gasteiger partial charge on any atom is 0.240 e. The lowest BCUT2D eigenvalue weighted by Gasteiger charge is -1.98. The summed E-state index contributed by atoms with van der Waals surface area (Å²) in [5.41, 5.74) is -0.279. The number of isocyanates is 1. The van der Waals surface area contributed by atoms with Gasteiger partial charge in [-0.05, 0) is 12.1 Å². The van der Waals surface area contributed by atoms with E-state index in [0.29, 0.717) is 0 Å². The summed E-state index contributed by atoms with van der Waals surface area (Å²) in [5.74, 6) is -0.701. The van der Waals surface area contributed by atoms with Gasteiger partial charge in [-0.2, -0.15) is 4.99 Å². The topological polar surface area (TPSA) is 29.4 Å². The van der Waals surface area contributed by atoms with Crippen molar-refractivity contribution in [3.63, 3.8) is 0 Å². The highest BCUT2D eigenvalue weighted by Gasteiger charge is 2.09. The van der Waals surface area contributed by atoms with Gasteiger partial charge in [0, 0.05) is 0 Å². The maximum absolute atomic E-state index is 12.8. The largest absolute Gasteiger partial charge is 0.240 e. The molecule has 2 nitrogen and oxygen atoms in total. The monoisotopic (exact) mass is 205 g/mol. The van der Waals surface area contributed by atoms with Gasteiger partial charge >= 0.3 is 0 Å². The van der Waals surface area contributed by atoms with E-state index in [4.69, 9.17) is 23.2 Å². The van der Waals surface area contributed by atoms with Crippen molar-refractivity contribution >= 4 is 35.0 Å². The Balaban J connectivity index is 3.42. The molecule has 0 radical (unpaired) electrons. The standard InChI is InChI=1S/C7H2Cl2FNO/c8-4-1-2-5(10)7(6(4)9)11-3-12/h1-2H. The molecule has 0 N–H and O–H groups in total. The first-order valence-electron chi connectivity index (χ1n) is 2.88. The molecule has 0 spiro atoms. The van der Waals surface area contributed by atoms with Crippen molar-refractivity contribution in [2.24, 2.45) is 4.99 Å². The van der Waals surface area contributed by atoms with Crippen molar-refractivity contribution in [2.75, 3.05) is 0 Å². The molecule has 0 aliphatic carbocycles. The summed E-state index contributed by atoms with van der Waals surface area (Å²) >= 11 is 11.1. The molecule has 1 aromatic carbocycles. The van der Waals surface area contributed by atoms with Crippen LogP contribution in [0.3, 0.4) is 0 Å². The fraction of sp³-hybridized carbons (Fsp3) is 0. The molecule has 1 aromatic rings. The third-order valence-electron chi connectivity index (χ3n) is 1.18. The van der Waals surface area contributed by atoms with Crippen LogP contribution >= 0.6 is 23.2 Å². The first-order chi connectivity index (χ1) is 5.66. The predicted octanol–water partition coefficient (Wildman–Crippen LogP) is 3.10. The zero-order valence-electron chi connectivity index (χ0n) is 5.64. The van der Waals surface area contributed by atoms with Crippen molar-refractivity contribution in [2.45, 2.75) is 0 Å². The number of aliphatic imine (C=N–C) groups is 1. The highest BCUT2D eigenvalue weighted by atomic mass is 35.5. The minimum atomic E-state index is -0.701. The van der Waals surface area contributed by atoms with Crippen LogP contribution in [0.25, 0.3) is 0 Å². The first-order valence-corrected chi connectivity index (χ1v) is 3.63. The van der Waals surface area contributed by atoms with Crippen molar-refractivity contribution in [3.8, 4) is 0 Å². The second-order valence-electron chi connectivity index (χ2n) is 1.89. The Kier molecular flexibility index (Phi) is 2.82. The third kappa shape index (κ3) is 1.64. The molecule has 0 saturated carbocycles. The number of hydrogen-bond acceptors (Lipinski definition) is 2. The molecular weight excluding hydrogens is 204 g/mol. The molecule has 12 heavy (non-hydrogen) atoms. The quantitative estimate of drug-likeness (QED) is 0.394. The fourth-order valence-electron chi connectivity index (χ4n) is 0.665. The maximum atomic E-state index is 12.8. The summed E-state index contributed by atoms with van der Waals surface area (Å²) in [6.45, 7) is 0. The van der Waals surface area contributed by atoms with Gasteiger partial charge in [0.25, 0.3) is 0 Å². The predicted molar refractivity (Wildman–Crippen MR) is 44.2 cm³/mol. The Labute approximate surface area is 77.6 Å². The molecule has 0 saturated heterocycles. The molecule has 0 unspecified atom stereocenters. The molecule has 0 atom stereocenters. The van der Waals surface area contributed by atoms with Gasteiger partial charge in [0.05, 0.1) is 10.0 Å². The SMILES string of the molecule is O=C=Nc1c(F)ccc(Cl)c1Cl. The molecule has 5 heteroatoms. The van der Waals surface area contributed by atoms with Crippen LogP contribution in [-0.2, 0) is 4.79 Å². The Hall–Kier alpha value is -0.890. The van der Waals surface area contributed by atoms with E-state index in [1.165, 1.54) is 12.1 Å². The van der Waals surface area contributed by atoms with Crippen LogP contribution in [0.1, 0.15) is 0 Å². The van der Waals surface area contributed by atoms with E-state index in [-0.39, 0.29) is 15.7 Å². The van der Waals surface area contributed by atoms with Crippen molar-refractivity contribution in [1.82, 2.24) is 0 Å². The smallest absolute Gasteiger partial charge is 0.211 e. The molecule has 0 fully saturated rings. The Morgan fingerprint density at radius 2 is 2.08 bits per heavy atom. The molecule has 0 aliphatic rings. The van der Waals surface area contributed by atoms with Gasteiger partial charge in [-0.1, -0.05) is 23.2 Å². The van der Waals surface area contributed by atoms with Gasteiger partial charge in [0.15, 0.2) is 5.82 Å². The second kappa shape index (κ2) is 3.68. The molecule has 0 amide bonds. The lowest BCUT2D eigenvalue weighted by molar-refractivity contribution is 0.564. The van der Waals surface area contributed by atoms with Crippen LogP contribution in [0.5, 0.6) is 0 Å². The summed E-state index contributed by atoms with van der Waals surface area (Å²) < 4.78 is 12.8. The summed E-state index contributed by atoms with van der Waals surface area (Å²) in [6.07, 6.45) is 1.18. The summed E-state index contributed by atoms with van der Waals surface area (Å²) in [5, 5.41) is 0.0621. The van der Waals surface area contributed by atoms with E-state index in [2.05, 4.69) is 4.99 Å². The van der Waals surface area contributed by atoms with Gasteiger partial charge in [-0.25, -0.2) is 9.18 Å². The average Bonchev–Trinajstić information content (AvgIpc) is 2.06. The zero-order valence-corrected chi connectivity index (χ0v) is 7.16. The highest BCUT2D eigenvalue weighted by Crippen LogP contribution is 2.33. The minimum Gasteiger partial charge on any atom is -0.211 e. The average molecular weight is 206 g/mol. The second-order valence-corrected chi connectivity index (χ2v) is 2.68. The minimum absolute atomic E-state index is 0.0833. The van der Waals surface area contributed by atoms with Crippen molar-refractivity contribution in [3.05, 3.63) is 28.0 Å². The third-order valence-corrected chi connectivity index (χ3v) is 1.97. The van der Waals surface area contributed by atoms with Crippen LogP contribution in [0, 0.1) is 5.82 Å². The van der Waals surface area contributed by atoms with E-state index in [1.54, 1.807) is 0 Å². The molecule has 1 rings (SSSR count). The fourth-order valence-corrected chi connectivity index (χ4v) is 1.01. The van der Waals surface area contributed by atoms with Crippen LogP contribution in [-0.4, -0.2) is 6.08 Å².